The number of hydrogen-bond acceptors (Lipinski definition) is 5. The highest BCUT2D eigenvalue weighted by Crippen LogP contribution is 2.32. The first-order chi connectivity index (χ1) is 14.2. The minimum Gasteiger partial charge on any atom is -0.481 e. The van der Waals surface area contributed by atoms with Crippen molar-refractivity contribution in [1.29, 1.82) is 0 Å². The zero-order valence-electron chi connectivity index (χ0n) is 16.6. The Morgan fingerprint density at radius 3 is 2.83 bits per heavy atom. The van der Waals surface area contributed by atoms with Crippen LogP contribution in [0.15, 0.2) is 41.1 Å². The number of pyridine rings is 1. The van der Waals surface area contributed by atoms with Gasteiger partial charge in [0.15, 0.2) is 0 Å². The monoisotopic (exact) mass is 393 g/mol. The van der Waals surface area contributed by atoms with Crippen molar-refractivity contribution in [3.05, 3.63) is 42.4 Å². The topological polar surface area (TPSA) is 89.1 Å². The second-order valence-corrected chi connectivity index (χ2v) is 8.07. The van der Waals surface area contributed by atoms with Crippen molar-refractivity contribution in [2.45, 2.75) is 63.7 Å². The van der Waals surface area contributed by atoms with Gasteiger partial charge in [-0.2, -0.15) is 4.98 Å². The van der Waals surface area contributed by atoms with Crippen molar-refractivity contribution >= 4 is 16.7 Å². The fourth-order valence-corrected chi connectivity index (χ4v) is 4.45. The Morgan fingerprint density at radius 2 is 2.00 bits per heavy atom. The van der Waals surface area contributed by atoms with Gasteiger partial charge in [0, 0.05) is 17.5 Å². The Bertz CT molecular complexity index is 957. The summed E-state index contributed by atoms with van der Waals surface area (Å²) < 4.78 is 5.51. The van der Waals surface area contributed by atoms with Gasteiger partial charge in [-0.3, -0.25) is 9.78 Å². The van der Waals surface area contributed by atoms with Crippen LogP contribution < -0.4 is 0 Å². The molecule has 152 valence electrons. The van der Waals surface area contributed by atoms with E-state index in [0.29, 0.717) is 17.4 Å². The lowest BCUT2D eigenvalue weighted by Crippen LogP contribution is -2.10. The highest BCUT2D eigenvalue weighted by atomic mass is 16.5. The maximum Gasteiger partial charge on any atom is 0.304 e. The molecule has 0 saturated heterocycles. The molecule has 1 fully saturated rings. The highest BCUT2D eigenvalue weighted by Gasteiger charge is 2.24. The summed E-state index contributed by atoms with van der Waals surface area (Å²) in [4.78, 5) is 20.4. The number of nitrogens with zero attached hydrogens (tertiary/aromatic N) is 3. The summed E-state index contributed by atoms with van der Waals surface area (Å²) in [5.41, 5.74) is 0.661. The van der Waals surface area contributed by atoms with Gasteiger partial charge in [-0.25, -0.2) is 0 Å². The fraction of sp³-hybridized carbons (Fsp3) is 0.478. The maximum absolute atomic E-state index is 11.4. The van der Waals surface area contributed by atoms with Crippen molar-refractivity contribution in [2.75, 3.05) is 0 Å². The van der Waals surface area contributed by atoms with Crippen LogP contribution in [0.4, 0.5) is 0 Å². The molecule has 0 amide bonds. The van der Waals surface area contributed by atoms with Crippen molar-refractivity contribution in [2.24, 2.45) is 5.92 Å². The third-order valence-electron chi connectivity index (χ3n) is 5.99. The maximum atomic E-state index is 11.4. The van der Waals surface area contributed by atoms with Crippen LogP contribution in [-0.4, -0.2) is 26.2 Å². The lowest BCUT2D eigenvalue weighted by atomic mass is 9.84. The number of rotatable bonds is 8. The van der Waals surface area contributed by atoms with Crippen LogP contribution in [0.3, 0.4) is 0 Å². The average Bonchev–Trinajstić information content (AvgIpc) is 3.23. The van der Waals surface area contributed by atoms with E-state index in [2.05, 4.69) is 15.1 Å². The molecule has 3 aromatic rings. The standard InChI is InChI=1S/C23H27N3O3/c27-20(28)15-18(11-6-9-16-7-2-1-3-8-16)23-25-22(26-29-23)21-19-12-5-4-10-17(19)13-14-24-21/h4-5,10,12-14,16,18H,1-3,6-9,11,15H2,(H,27,28). The molecule has 2 aromatic heterocycles. The van der Waals surface area contributed by atoms with Crippen molar-refractivity contribution < 1.29 is 14.4 Å². The third-order valence-corrected chi connectivity index (χ3v) is 5.99. The zero-order valence-corrected chi connectivity index (χ0v) is 16.6. The van der Waals surface area contributed by atoms with E-state index in [1.54, 1.807) is 6.20 Å². The number of carboxylic acids is 1. The summed E-state index contributed by atoms with van der Waals surface area (Å²) in [7, 11) is 0. The van der Waals surface area contributed by atoms with Crippen molar-refractivity contribution in [3.63, 3.8) is 0 Å². The van der Waals surface area contributed by atoms with E-state index in [-0.39, 0.29) is 12.3 Å². The molecule has 2 heterocycles. The quantitative estimate of drug-likeness (QED) is 0.536. The van der Waals surface area contributed by atoms with Crippen LogP contribution in [0.1, 0.15) is 69.6 Å². The molecule has 0 radical (unpaired) electrons. The molecule has 1 N–H and O–H groups in total. The SMILES string of the molecule is O=C(O)CC(CCCC1CCCCC1)c1nc(-c2nccc3ccccc23)no1. The molecule has 1 unspecified atom stereocenters. The number of fused-ring (bicyclic) bond motifs is 1. The molecule has 0 spiro atoms. The molecule has 6 heteroatoms. The van der Waals surface area contributed by atoms with Crippen LogP contribution >= 0.6 is 0 Å². The molecule has 1 atom stereocenters. The fourth-order valence-electron chi connectivity index (χ4n) is 4.45. The summed E-state index contributed by atoms with van der Waals surface area (Å²) in [5.74, 6) is 0.510. The average molecular weight is 393 g/mol. The van der Waals surface area contributed by atoms with Gasteiger partial charge in [0.25, 0.3) is 0 Å². The molecular formula is C23H27N3O3. The van der Waals surface area contributed by atoms with Crippen LogP contribution in [-0.2, 0) is 4.79 Å². The van der Waals surface area contributed by atoms with Crippen LogP contribution in [0, 0.1) is 5.92 Å². The molecule has 29 heavy (non-hydrogen) atoms. The Labute approximate surface area is 170 Å². The summed E-state index contributed by atoms with van der Waals surface area (Å²) >= 11 is 0. The van der Waals surface area contributed by atoms with E-state index in [1.807, 2.05) is 30.3 Å². The molecule has 0 aliphatic heterocycles. The van der Waals surface area contributed by atoms with E-state index in [9.17, 15) is 9.90 Å². The molecule has 1 aromatic carbocycles. The highest BCUT2D eigenvalue weighted by molar-refractivity contribution is 5.92. The minimum atomic E-state index is -0.837. The predicted molar refractivity (Wildman–Crippen MR) is 110 cm³/mol. The Kier molecular flexibility index (Phi) is 6.17. The lowest BCUT2D eigenvalue weighted by Gasteiger charge is -2.21. The van der Waals surface area contributed by atoms with E-state index in [0.717, 1.165) is 36.0 Å². The van der Waals surface area contributed by atoms with Crippen LogP contribution in [0.5, 0.6) is 0 Å². The van der Waals surface area contributed by atoms with E-state index < -0.39 is 5.97 Å². The first-order valence-corrected chi connectivity index (χ1v) is 10.6. The molecule has 1 aliphatic carbocycles. The van der Waals surface area contributed by atoms with E-state index in [1.165, 1.54) is 32.1 Å². The molecular weight excluding hydrogens is 366 g/mol. The zero-order chi connectivity index (χ0) is 20.1. The molecule has 6 nitrogen and oxygen atoms in total. The third kappa shape index (κ3) is 4.81. The van der Waals surface area contributed by atoms with Gasteiger partial charge in [-0.15, -0.1) is 0 Å². The minimum absolute atomic E-state index is 0.00919. The lowest BCUT2D eigenvalue weighted by molar-refractivity contribution is -0.137. The summed E-state index contributed by atoms with van der Waals surface area (Å²) in [6, 6.07) is 9.86. The van der Waals surface area contributed by atoms with Crippen LogP contribution in [0.25, 0.3) is 22.3 Å². The molecule has 0 bridgehead atoms. The number of hydrogen-bond donors (Lipinski definition) is 1. The summed E-state index contributed by atoms with van der Waals surface area (Å²) in [6.07, 6.45) is 11.3. The molecule has 4 rings (SSSR count). The van der Waals surface area contributed by atoms with Gasteiger partial charge in [-0.1, -0.05) is 74.4 Å². The molecule has 1 aliphatic rings. The normalized spacial score (nSPS) is 16.1. The van der Waals surface area contributed by atoms with Gasteiger partial charge in [0.05, 0.1) is 6.42 Å². The smallest absolute Gasteiger partial charge is 0.304 e. The summed E-state index contributed by atoms with van der Waals surface area (Å²) in [5, 5.41) is 15.5. The van der Waals surface area contributed by atoms with Gasteiger partial charge in [0.1, 0.15) is 5.69 Å². The van der Waals surface area contributed by atoms with E-state index >= 15 is 0 Å². The second kappa shape index (κ2) is 9.16. The summed E-state index contributed by atoms with van der Waals surface area (Å²) in [6.45, 7) is 0. The second-order valence-electron chi connectivity index (χ2n) is 8.07. The van der Waals surface area contributed by atoms with Crippen LogP contribution in [0.2, 0.25) is 0 Å². The van der Waals surface area contributed by atoms with Gasteiger partial charge < -0.3 is 9.63 Å². The Hall–Kier alpha value is -2.76. The largest absolute Gasteiger partial charge is 0.481 e. The number of carboxylic acid groups (broad SMARTS) is 1. The Morgan fingerprint density at radius 1 is 1.17 bits per heavy atom. The molecule has 1 saturated carbocycles. The number of benzene rings is 1. The first-order valence-electron chi connectivity index (χ1n) is 10.6. The van der Waals surface area contributed by atoms with Crippen molar-refractivity contribution in [1.82, 2.24) is 15.1 Å². The number of aromatic nitrogens is 3. The van der Waals surface area contributed by atoms with E-state index in [4.69, 9.17) is 4.52 Å². The Balaban J connectivity index is 1.50. The number of aliphatic carboxylic acids is 1. The van der Waals surface area contributed by atoms with Gasteiger partial charge in [-0.05, 0) is 23.8 Å². The van der Waals surface area contributed by atoms with Gasteiger partial charge in [0.2, 0.25) is 11.7 Å². The predicted octanol–water partition coefficient (Wildman–Crippen LogP) is 5.59. The first kappa shape index (κ1) is 19.6. The number of carbonyl (C=O) groups is 1. The van der Waals surface area contributed by atoms with Crippen molar-refractivity contribution in [3.8, 4) is 11.5 Å². The van der Waals surface area contributed by atoms with Gasteiger partial charge >= 0.3 is 5.97 Å².